The lowest BCUT2D eigenvalue weighted by molar-refractivity contribution is -0.384. The molecule has 0 saturated heterocycles. The summed E-state index contributed by atoms with van der Waals surface area (Å²) in [5, 5.41) is 11.6. The van der Waals surface area contributed by atoms with Crippen molar-refractivity contribution in [3.63, 3.8) is 0 Å². The van der Waals surface area contributed by atoms with Gasteiger partial charge in [-0.25, -0.2) is 9.79 Å². The number of thiazole rings is 1. The molecule has 0 fully saturated rings. The summed E-state index contributed by atoms with van der Waals surface area (Å²) in [4.78, 5) is 43.0. The van der Waals surface area contributed by atoms with Gasteiger partial charge in [0.2, 0.25) is 0 Å². The molecule has 0 radical (unpaired) electrons. The molecule has 1 aliphatic rings. The second-order valence-corrected chi connectivity index (χ2v) is 11.7. The van der Waals surface area contributed by atoms with Crippen LogP contribution in [-0.4, -0.2) is 22.1 Å². The maximum Gasteiger partial charge on any atom is 0.338 e. The minimum Gasteiger partial charge on any atom is -0.489 e. The molecule has 6 rings (SSSR count). The Hall–Kier alpha value is -5.26. The van der Waals surface area contributed by atoms with E-state index in [9.17, 15) is 19.7 Å². The molecule has 0 bridgehead atoms. The summed E-state index contributed by atoms with van der Waals surface area (Å²) in [6.07, 6.45) is 1.75. The standard InChI is InChI=1S/C34H26ClN3O7S/c1-3-43-33(40)30-20(2)36-34-37(31(30)28-16-15-27(45-28)25-18-23(38(41)42)11-14-26(25)35)32(39)29(46-34)17-21-9-12-24(13-10-21)44-19-22-7-5-4-6-8-22/h4-18,31H,3,19H2,1-2H3/b29-17-/t31-/m1/s1. The van der Waals surface area contributed by atoms with Crippen molar-refractivity contribution >= 4 is 40.7 Å². The number of non-ortho nitro benzene ring substituents is 1. The summed E-state index contributed by atoms with van der Waals surface area (Å²) in [6, 6.07) is 23.4. The van der Waals surface area contributed by atoms with Crippen molar-refractivity contribution < 1.29 is 23.6 Å². The van der Waals surface area contributed by atoms with Crippen molar-refractivity contribution in [3.05, 3.63) is 148 Å². The Morgan fingerprint density at radius 2 is 1.87 bits per heavy atom. The van der Waals surface area contributed by atoms with Crippen LogP contribution in [0.2, 0.25) is 5.02 Å². The molecule has 10 nitrogen and oxygen atoms in total. The number of nitro groups is 1. The quantitative estimate of drug-likeness (QED) is 0.105. The molecule has 0 saturated carbocycles. The van der Waals surface area contributed by atoms with Crippen LogP contribution in [0, 0.1) is 10.1 Å². The first kappa shape index (κ1) is 30.8. The average Bonchev–Trinajstić information content (AvgIpc) is 3.65. The molecule has 5 aromatic rings. The average molecular weight is 656 g/mol. The molecule has 1 atom stereocenters. The van der Waals surface area contributed by atoms with Crippen molar-refractivity contribution in [2.75, 3.05) is 6.61 Å². The monoisotopic (exact) mass is 655 g/mol. The van der Waals surface area contributed by atoms with E-state index < -0.39 is 16.9 Å². The smallest absolute Gasteiger partial charge is 0.338 e. The topological polar surface area (TPSA) is 126 Å². The minimum atomic E-state index is -1.00. The van der Waals surface area contributed by atoms with Gasteiger partial charge in [-0.15, -0.1) is 0 Å². The van der Waals surface area contributed by atoms with Gasteiger partial charge >= 0.3 is 5.97 Å². The Morgan fingerprint density at radius 3 is 2.59 bits per heavy atom. The largest absolute Gasteiger partial charge is 0.489 e. The molecule has 1 aliphatic heterocycles. The van der Waals surface area contributed by atoms with Crippen LogP contribution in [0.4, 0.5) is 5.69 Å². The summed E-state index contributed by atoms with van der Waals surface area (Å²) in [6.45, 7) is 3.91. The summed E-state index contributed by atoms with van der Waals surface area (Å²) >= 11 is 7.55. The Labute approximate surface area is 271 Å². The normalized spacial score (nSPS) is 14.5. The van der Waals surface area contributed by atoms with Crippen LogP contribution in [0.3, 0.4) is 0 Å². The Balaban J connectivity index is 1.38. The third-order valence-electron chi connectivity index (χ3n) is 7.27. The first-order chi connectivity index (χ1) is 22.2. The zero-order valence-electron chi connectivity index (χ0n) is 24.6. The minimum absolute atomic E-state index is 0.116. The Kier molecular flexibility index (Phi) is 8.69. The number of halogens is 1. The van der Waals surface area contributed by atoms with Crippen LogP contribution in [0.25, 0.3) is 17.4 Å². The molecule has 46 heavy (non-hydrogen) atoms. The second kappa shape index (κ2) is 13.0. The van der Waals surface area contributed by atoms with Crippen LogP contribution in [0.1, 0.15) is 36.8 Å². The number of carbonyl (C=O) groups excluding carboxylic acids is 1. The van der Waals surface area contributed by atoms with Crippen molar-refractivity contribution in [2.24, 2.45) is 4.99 Å². The molecule has 2 aromatic heterocycles. The predicted octanol–water partition coefficient (Wildman–Crippen LogP) is 6.20. The highest BCUT2D eigenvalue weighted by molar-refractivity contribution is 7.07. The van der Waals surface area contributed by atoms with Gasteiger partial charge in [-0.05, 0) is 61.4 Å². The first-order valence-electron chi connectivity index (χ1n) is 14.2. The van der Waals surface area contributed by atoms with E-state index in [1.807, 2.05) is 54.6 Å². The SMILES string of the molecule is CCOC(=O)C1=C(C)N=c2s/c(=C\c3ccc(OCc4ccccc4)cc3)c(=O)n2[C@@H]1c1ccc(-c2cc([N+](=O)[O-])ccc2Cl)o1. The third kappa shape index (κ3) is 6.15. The zero-order chi connectivity index (χ0) is 32.4. The van der Waals surface area contributed by atoms with Crippen molar-refractivity contribution in [1.29, 1.82) is 0 Å². The summed E-state index contributed by atoms with van der Waals surface area (Å²) in [7, 11) is 0. The van der Waals surface area contributed by atoms with E-state index in [1.54, 1.807) is 32.1 Å². The lowest BCUT2D eigenvalue weighted by atomic mass is 10.0. The molecular weight excluding hydrogens is 630 g/mol. The van der Waals surface area contributed by atoms with E-state index in [1.165, 1.54) is 34.1 Å². The number of nitrogens with zero attached hydrogens (tertiary/aromatic N) is 3. The molecule has 0 spiro atoms. The number of esters is 1. The third-order valence-corrected chi connectivity index (χ3v) is 8.58. The van der Waals surface area contributed by atoms with Crippen molar-refractivity contribution in [3.8, 4) is 17.1 Å². The number of aromatic nitrogens is 1. The van der Waals surface area contributed by atoms with Crippen molar-refractivity contribution in [2.45, 2.75) is 26.5 Å². The van der Waals surface area contributed by atoms with E-state index >= 15 is 0 Å². The fourth-order valence-corrected chi connectivity index (χ4v) is 6.33. The lowest BCUT2D eigenvalue weighted by Crippen LogP contribution is -2.39. The van der Waals surface area contributed by atoms with Crippen LogP contribution >= 0.6 is 22.9 Å². The predicted molar refractivity (Wildman–Crippen MR) is 173 cm³/mol. The molecule has 0 N–H and O–H groups in total. The fraction of sp³-hybridized carbons (Fsp3) is 0.147. The first-order valence-corrected chi connectivity index (χ1v) is 15.4. The van der Waals surface area contributed by atoms with Gasteiger partial charge in [-0.3, -0.25) is 19.5 Å². The maximum atomic E-state index is 14.0. The molecule has 12 heteroatoms. The van der Waals surface area contributed by atoms with Gasteiger partial charge < -0.3 is 13.9 Å². The van der Waals surface area contributed by atoms with Gasteiger partial charge in [0.1, 0.15) is 29.9 Å². The fourth-order valence-electron chi connectivity index (χ4n) is 5.07. The lowest BCUT2D eigenvalue weighted by Gasteiger charge is -2.22. The van der Waals surface area contributed by atoms with Crippen LogP contribution in [0.15, 0.2) is 110 Å². The number of carbonyl (C=O) groups is 1. The molecule has 3 aromatic carbocycles. The number of ether oxygens (including phenoxy) is 2. The van der Waals surface area contributed by atoms with Gasteiger partial charge in [-0.2, -0.15) is 0 Å². The number of allylic oxidation sites excluding steroid dienone is 1. The Morgan fingerprint density at radius 1 is 1.11 bits per heavy atom. The molecule has 0 aliphatic carbocycles. The van der Waals surface area contributed by atoms with Gasteiger partial charge in [0.25, 0.3) is 11.2 Å². The number of furan rings is 1. The highest BCUT2D eigenvalue weighted by Gasteiger charge is 2.35. The summed E-state index contributed by atoms with van der Waals surface area (Å²) in [5.74, 6) is 0.524. The van der Waals surface area contributed by atoms with E-state index in [2.05, 4.69) is 4.99 Å². The van der Waals surface area contributed by atoms with E-state index in [0.717, 1.165) is 11.1 Å². The maximum absolute atomic E-state index is 14.0. The molecule has 3 heterocycles. The number of nitro benzene ring substituents is 1. The highest BCUT2D eigenvalue weighted by atomic mass is 35.5. The van der Waals surface area contributed by atoms with E-state index in [-0.39, 0.29) is 40.0 Å². The summed E-state index contributed by atoms with van der Waals surface area (Å²) in [5.41, 5.74) is 2.11. The van der Waals surface area contributed by atoms with E-state index in [0.29, 0.717) is 33.0 Å². The van der Waals surface area contributed by atoms with Gasteiger partial charge in [0.15, 0.2) is 4.80 Å². The number of fused-ring (bicyclic) bond motifs is 1. The van der Waals surface area contributed by atoms with Gasteiger partial charge in [0.05, 0.1) is 32.4 Å². The second-order valence-electron chi connectivity index (χ2n) is 10.3. The number of rotatable bonds is 9. The molecule has 0 amide bonds. The van der Waals surface area contributed by atoms with Gasteiger partial charge in [0, 0.05) is 17.7 Å². The Bertz CT molecular complexity index is 2170. The number of hydrogen-bond acceptors (Lipinski definition) is 9. The van der Waals surface area contributed by atoms with Crippen LogP contribution in [0.5, 0.6) is 5.75 Å². The van der Waals surface area contributed by atoms with Gasteiger partial charge in [-0.1, -0.05) is 65.4 Å². The van der Waals surface area contributed by atoms with Crippen LogP contribution < -0.4 is 19.6 Å². The number of benzene rings is 3. The highest BCUT2D eigenvalue weighted by Crippen LogP contribution is 2.37. The zero-order valence-corrected chi connectivity index (χ0v) is 26.2. The molecular formula is C34H26ClN3O7S. The van der Waals surface area contributed by atoms with Crippen molar-refractivity contribution in [1.82, 2.24) is 4.57 Å². The summed E-state index contributed by atoms with van der Waals surface area (Å²) < 4.78 is 19.2. The van der Waals surface area contributed by atoms with E-state index in [4.69, 9.17) is 25.5 Å². The molecule has 232 valence electrons. The molecule has 0 unspecified atom stereocenters. The van der Waals surface area contributed by atoms with Crippen LogP contribution in [-0.2, 0) is 16.1 Å². The number of hydrogen-bond donors (Lipinski definition) is 0.